The Bertz CT molecular complexity index is 530. The van der Waals surface area contributed by atoms with Gasteiger partial charge in [0.2, 0.25) is 0 Å². The molecule has 21 heavy (non-hydrogen) atoms. The third kappa shape index (κ3) is 4.90. The Balaban J connectivity index is 2.12. The maximum atomic E-state index is 3.61. The predicted molar refractivity (Wildman–Crippen MR) is 94.1 cm³/mol. The largest absolute Gasteiger partial charge is 0.310 e. The molecule has 0 aromatic heterocycles. The third-order valence-electron chi connectivity index (χ3n) is 3.60. The van der Waals surface area contributed by atoms with E-state index in [1.54, 1.807) is 0 Å². The molecule has 1 unspecified atom stereocenters. The van der Waals surface area contributed by atoms with Crippen LogP contribution < -0.4 is 5.32 Å². The molecule has 0 spiro atoms. The molecule has 1 N–H and O–H groups in total. The van der Waals surface area contributed by atoms with E-state index in [-0.39, 0.29) is 0 Å². The predicted octanol–water partition coefficient (Wildman–Crippen LogP) is 5.00. The van der Waals surface area contributed by atoms with Crippen LogP contribution in [0.25, 0.3) is 0 Å². The molecule has 0 heterocycles. The highest BCUT2D eigenvalue weighted by molar-refractivity contribution is 7.99. The van der Waals surface area contributed by atoms with Crippen molar-refractivity contribution in [3.8, 4) is 0 Å². The summed E-state index contributed by atoms with van der Waals surface area (Å²) in [5.41, 5.74) is 4.08. The van der Waals surface area contributed by atoms with Gasteiger partial charge in [0, 0.05) is 10.9 Å². The molecule has 0 bridgehead atoms. The summed E-state index contributed by atoms with van der Waals surface area (Å²) in [5, 5.41) is 3.61. The first-order chi connectivity index (χ1) is 10.2. The van der Waals surface area contributed by atoms with E-state index in [9.17, 15) is 0 Å². The summed E-state index contributed by atoms with van der Waals surface area (Å²) in [6.07, 6.45) is 1.04. The summed E-state index contributed by atoms with van der Waals surface area (Å²) in [6.45, 7) is 7.48. The van der Waals surface area contributed by atoms with Gasteiger partial charge in [-0.05, 0) is 48.9 Å². The van der Waals surface area contributed by atoms with E-state index in [1.807, 2.05) is 11.8 Å². The Morgan fingerprint density at radius 2 is 1.62 bits per heavy atom. The second-order valence-electron chi connectivity index (χ2n) is 5.30. The molecular formula is C19H25NS. The zero-order valence-corrected chi connectivity index (χ0v) is 14.0. The molecule has 112 valence electrons. The second-order valence-corrected chi connectivity index (χ2v) is 6.64. The fourth-order valence-corrected chi connectivity index (χ4v) is 3.14. The van der Waals surface area contributed by atoms with Crippen LogP contribution in [0, 0.1) is 6.92 Å². The Morgan fingerprint density at radius 3 is 2.19 bits per heavy atom. The van der Waals surface area contributed by atoms with Crippen molar-refractivity contribution in [2.45, 2.75) is 38.1 Å². The molecular weight excluding hydrogens is 274 g/mol. The van der Waals surface area contributed by atoms with Crippen molar-refractivity contribution in [3.05, 3.63) is 65.2 Å². The Hall–Kier alpha value is -1.25. The van der Waals surface area contributed by atoms with Gasteiger partial charge in [-0.15, -0.1) is 11.8 Å². The zero-order valence-electron chi connectivity index (χ0n) is 13.2. The van der Waals surface area contributed by atoms with Gasteiger partial charge < -0.3 is 5.32 Å². The van der Waals surface area contributed by atoms with E-state index in [2.05, 4.69) is 74.6 Å². The van der Waals surface area contributed by atoms with Gasteiger partial charge in [0.05, 0.1) is 0 Å². The highest BCUT2D eigenvalue weighted by Crippen LogP contribution is 2.23. The number of likely N-dealkylation sites (N-methyl/N-ethyl adjacent to an activating group) is 1. The number of benzene rings is 2. The van der Waals surface area contributed by atoms with Gasteiger partial charge in [-0.1, -0.05) is 55.8 Å². The van der Waals surface area contributed by atoms with E-state index in [4.69, 9.17) is 0 Å². The van der Waals surface area contributed by atoms with Crippen molar-refractivity contribution in [1.29, 1.82) is 0 Å². The number of hydrogen-bond acceptors (Lipinski definition) is 2. The lowest BCUT2D eigenvalue weighted by atomic mass is 9.98. The summed E-state index contributed by atoms with van der Waals surface area (Å²) >= 11 is 1.89. The average Bonchev–Trinajstić information content (AvgIpc) is 2.50. The van der Waals surface area contributed by atoms with Crippen LogP contribution in [0.3, 0.4) is 0 Å². The maximum Gasteiger partial charge on any atom is 0.0360 e. The Morgan fingerprint density at radius 1 is 0.952 bits per heavy atom. The molecule has 1 nitrogen and oxygen atoms in total. The topological polar surface area (TPSA) is 12.0 Å². The standard InChI is InChI=1S/C19H25NS/c1-4-20-19(14-16-8-6-15(3)7-9-16)17-10-12-18(13-11-17)21-5-2/h6-13,19-20H,4-5,14H2,1-3H3. The van der Waals surface area contributed by atoms with Crippen molar-refractivity contribution in [3.63, 3.8) is 0 Å². The second kappa shape index (κ2) is 8.26. The van der Waals surface area contributed by atoms with Gasteiger partial charge in [-0.2, -0.15) is 0 Å². The Labute approximate surface area is 133 Å². The van der Waals surface area contributed by atoms with E-state index in [0.717, 1.165) is 18.7 Å². The first-order valence-electron chi connectivity index (χ1n) is 7.74. The number of nitrogens with one attached hydrogen (secondary N) is 1. The fraction of sp³-hybridized carbons (Fsp3) is 0.368. The number of aryl methyl sites for hydroxylation is 1. The molecule has 0 radical (unpaired) electrons. The summed E-state index contributed by atoms with van der Waals surface area (Å²) in [7, 11) is 0. The first-order valence-corrected chi connectivity index (χ1v) is 8.73. The average molecular weight is 299 g/mol. The van der Waals surface area contributed by atoms with Crippen molar-refractivity contribution in [1.82, 2.24) is 5.32 Å². The van der Waals surface area contributed by atoms with Gasteiger partial charge in [0.25, 0.3) is 0 Å². The monoisotopic (exact) mass is 299 g/mol. The van der Waals surface area contributed by atoms with Crippen molar-refractivity contribution in [2.24, 2.45) is 0 Å². The minimum Gasteiger partial charge on any atom is -0.310 e. The molecule has 0 amide bonds. The molecule has 0 saturated heterocycles. The molecule has 2 aromatic rings. The van der Waals surface area contributed by atoms with Gasteiger partial charge in [-0.3, -0.25) is 0 Å². The number of rotatable bonds is 7. The summed E-state index contributed by atoms with van der Waals surface area (Å²) in [6, 6.07) is 18.3. The molecule has 2 rings (SSSR count). The normalized spacial score (nSPS) is 12.3. The summed E-state index contributed by atoms with van der Waals surface area (Å²) in [4.78, 5) is 1.35. The maximum absolute atomic E-state index is 3.61. The minimum absolute atomic E-state index is 0.387. The molecule has 2 aromatic carbocycles. The molecule has 0 fully saturated rings. The minimum atomic E-state index is 0.387. The van der Waals surface area contributed by atoms with Crippen LogP contribution in [-0.2, 0) is 6.42 Å². The van der Waals surface area contributed by atoms with Crippen molar-refractivity contribution in [2.75, 3.05) is 12.3 Å². The molecule has 2 heteroatoms. The van der Waals surface area contributed by atoms with Crippen molar-refractivity contribution < 1.29 is 0 Å². The van der Waals surface area contributed by atoms with Crippen LogP contribution in [-0.4, -0.2) is 12.3 Å². The van der Waals surface area contributed by atoms with Crippen LogP contribution >= 0.6 is 11.8 Å². The summed E-state index contributed by atoms with van der Waals surface area (Å²) < 4.78 is 0. The van der Waals surface area contributed by atoms with Crippen LogP contribution in [0.4, 0.5) is 0 Å². The van der Waals surface area contributed by atoms with Crippen LogP contribution in [0.5, 0.6) is 0 Å². The van der Waals surface area contributed by atoms with Gasteiger partial charge in [0.15, 0.2) is 0 Å². The highest BCUT2D eigenvalue weighted by atomic mass is 32.2. The smallest absolute Gasteiger partial charge is 0.0360 e. The van der Waals surface area contributed by atoms with Crippen LogP contribution in [0.2, 0.25) is 0 Å². The molecule has 0 aliphatic heterocycles. The SMILES string of the molecule is CCNC(Cc1ccc(C)cc1)c1ccc(SCC)cc1. The van der Waals surface area contributed by atoms with Gasteiger partial charge >= 0.3 is 0 Å². The lowest BCUT2D eigenvalue weighted by molar-refractivity contribution is 0.549. The number of thioether (sulfide) groups is 1. The molecule has 0 aliphatic carbocycles. The lowest BCUT2D eigenvalue weighted by Crippen LogP contribution is -2.22. The van der Waals surface area contributed by atoms with E-state index in [0.29, 0.717) is 6.04 Å². The highest BCUT2D eigenvalue weighted by Gasteiger charge is 2.11. The fourth-order valence-electron chi connectivity index (χ4n) is 2.48. The quantitative estimate of drug-likeness (QED) is 0.722. The van der Waals surface area contributed by atoms with E-state index in [1.165, 1.54) is 21.6 Å². The molecule has 0 saturated carbocycles. The Kier molecular flexibility index (Phi) is 6.34. The van der Waals surface area contributed by atoms with Gasteiger partial charge in [-0.25, -0.2) is 0 Å². The van der Waals surface area contributed by atoms with E-state index >= 15 is 0 Å². The van der Waals surface area contributed by atoms with Crippen LogP contribution in [0.1, 0.15) is 36.6 Å². The molecule has 0 aliphatic rings. The lowest BCUT2D eigenvalue weighted by Gasteiger charge is -2.19. The zero-order chi connectivity index (χ0) is 15.1. The molecule has 1 atom stereocenters. The third-order valence-corrected chi connectivity index (χ3v) is 4.50. The van der Waals surface area contributed by atoms with E-state index < -0.39 is 0 Å². The number of hydrogen-bond donors (Lipinski definition) is 1. The van der Waals surface area contributed by atoms with Crippen LogP contribution in [0.15, 0.2) is 53.4 Å². The van der Waals surface area contributed by atoms with Gasteiger partial charge in [0.1, 0.15) is 0 Å². The first kappa shape index (κ1) is 16.1. The summed E-state index contributed by atoms with van der Waals surface area (Å²) in [5.74, 6) is 1.12. The van der Waals surface area contributed by atoms with Crippen molar-refractivity contribution >= 4 is 11.8 Å².